The molecule has 0 heterocycles. The molecule has 110 valence electrons. The highest BCUT2D eigenvalue weighted by molar-refractivity contribution is 14.1. The Morgan fingerprint density at radius 3 is 1.77 bits per heavy atom. The lowest BCUT2D eigenvalue weighted by molar-refractivity contribution is -0.126. The van der Waals surface area contributed by atoms with E-state index in [0.29, 0.717) is 6.42 Å². The second-order valence-electron chi connectivity index (χ2n) is 5.08. The van der Waals surface area contributed by atoms with Crippen molar-refractivity contribution in [3.05, 3.63) is 68.8 Å². The van der Waals surface area contributed by atoms with Crippen molar-refractivity contribution >= 4 is 34.2 Å². The Balaban J connectivity index is 1.86. The second kappa shape index (κ2) is 7.90. The van der Waals surface area contributed by atoms with Crippen LogP contribution in [-0.4, -0.2) is 11.6 Å². The van der Waals surface area contributed by atoms with Gasteiger partial charge in [0.05, 0.1) is 6.42 Å². The molecule has 0 fully saturated rings. The fourth-order valence-corrected chi connectivity index (χ4v) is 2.48. The van der Waals surface area contributed by atoms with E-state index in [0.717, 1.165) is 20.3 Å². The van der Waals surface area contributed by atoms with Gasteiger partial charge in [0.2, 0.25) is 0 Å². The number of rotatable bonds is 6. The predicted octanol–water partition coefficient (Wildman–Crippen LogP) is 3.59. The number of Topliss-reactive ketones (excluding diaryl/α,β-unsaturated/α-hetero) is 2. The van der Waals surface area contributed by atoms with Crippen molar-refractivity contribution in [2.75, 3.05) is 0 Å². The fraction of sp³-hybridized carbons (Fsp3) is 0.158. The summed E-state index contributed by atoms with van der Waals surface area (Å²) in [5.74, 6) is 2.42. The van der Waals surface area contributed by atoms with E-state index in [4.69, 9.17) is 6.42 Å². The minimum atomic E-state index is -0.0658. The second-order valence-corrected chi connectivity index (χ2v) is 6.32. The van der Waals surface area contributed by atoms with Gasteiger partial charge in [0, 0.05) is 22.0 Å². The van der Waals surface area contributed by atoms with Gasteiger partial charge in [-0.3, -0.25) is 9.59 Å². The summed E-state index contributed by atoms with van der Waals surface area (Å²) in [5.41, 5.74) is 2.61. The van der Waals surface area contributed by atoms with Crippen LogP contribution in [0.4, 0.5) is 0 Å². The number of carbonyl (C=O) groups excluding carboxylic acids is 2. The Morgan fingerprint density at radius 1 is 0.864 bits per heavy atom. The summed E-state index contributed by atoms with van der Waals surface area (Å²) >= 11 is 2.22. The quantitative estimate of drug-likeness (QED) is 0.421. The highest BCUT2D eigenvalue weighted by atomic mass is 127. The topological polar surface area (TPSA) is 34.1 Å². The summed E-state index contributed by atoms with van der Waals surface area (Å²) in [4.78, 5) is 23.9. The molecule has 0 saturated heterocycles. The molecule has 0 atom stereocenters. The van der Waals surface area contributed by atoms with Crippen LogP contribution in [0.1, 0.15) is 23.1 Å². The number of hydrogen-bond donors (Lipinski definition) is 0. The molecule has 2 aromatic rings. The Bertz CT molecular complexity index is 707. The molecule has 0 aliphatic rings. The number of ketones is 2. The van der Waals surface area contributed by atoms with Crippen molar-refractivity contribution in [2.45, 2.75) is 19.3 Å². The average molecular weight is 402 g/mol. The van der Waals surface area contributed by atoms with Gasteiger partial charge in [-0.05, 0) is 58.0 Å². The van der Waals surface area contributed by atoms with Gasteiger partial charge in [0.25, 0.3) is 0 Å². The van der Waals surface area contributed by atoms with Crippen LogP contribution < -0.4 is 0 Å². The molecule has 0 radical (unpaired) electrons. The third kappa shape index (κ3) is 5.12. The molecule has 0 unspecified atom stereocenters. The van der Waals surface area contributed by atoms with Gasteiger partial charge >= 0.3 is 0 Å². The van der Waals surface area contributed by atoms with Crippen molar-refractivity contribution in [2.24, 2.45) is 0 Å². The van der Waals surface area contributed by atoms with Crippen LogP contribution in [-0.2, 0) is 22.4 Å². The first-order valence-electron chi connectivity index (χ1n) is 6.90. The van der Waals surface area contributed by atoms with Gasteiger partial charge in [0.15, 0.2) is 0 Å². The van der Waals surface area contributed by atoms with E-state index in [2.05, 4.69) is 28.5 Å². The van der Waals surface area contributed by atoms with Crippen LogP contribution in [0.5, 0.6) is 0 Å². The molecule has 0 N–H and O–H groups in total. The summed E-state index contributed by atoms with van der Waals surface area (Å²) in [6, 6.07) is 15.0. The first kappa shape index (κ1) is 16.4. The van der Waals surface area contributed by atoms with E-state index in [1.165, 1.54) is 0 Å². The largest absolute Gasteiger partial charge is 0.299 e. The molecular formula is C19H15IO2. The summed E-state index contributed by atoms with van der Waals surface area (Å²) in [6.45, 7) is 0. The SMILES string of the molecule is C#Cc1ccc(CC(=O)CC(=O)Cc2ccc(I)cc2)cc1. The predicted molar refractivity (Wildman–Crippen MR) is 95.6 cm³/mol. The molecule has 2 rings (SSSR count). The molecule has 0 saturated carbocycles. The molecule has 0 amide bonds. The summed E-state index contributed by atoms with van der Waals surface area (Å²) < 4.78 is 1.13. The smallest absolute Gasteiger partial charge is 0.144 e. The number of terminal acetylenes is 1. The molecule has 3 heteroatoms. The number of hydrogen-bond acceptors (Lipinski definition) is 2. The molecule has 2 aromatic carbocycles. The molecule has 2 nitrogen and oxygen atoms in total. The molecule has 0 spiro atoms. The lowest BCUT2D eigenvalue weighted by Gasteiger charge is -2.03. The van der Waals surface area contributed by atoms with Crippen LogP contribution in [0.2, 0.25) is 0 Å². The van der Waals surface area contributed by atoms with Crippen LogP contribution in [0.25, 0.3) is 0 Å². The van der Waals surface area contributed by atoms with Gasteiger partial charge < -0.3 is 0 Å². The fourth-order valence-electron chi connectivity index (χ4n) is 2.12. The first-order valence-corrected chi connectivity index (χ1v) is 7.98. The summed E-state index contributed by atoms with van der Waals surface area (Å²) in [5, 5.41) is 0. The van der Waals surface area contributed by atoms with Crippen LogP contribution in [0.3, 0.4) is 0 Å². The maximum absolute atomic E-state index is 12.0. The number of benzene rings is 2. The lowest BCUT2D eigenvalue weighted by Crippen LogP contribution is -2.12. The molecule has 22 heavy (non-hydrogen) atoms. The highest BCUT2D eigenvalue weighted by Crippen LogP contribution is 2.10. The van der Waals surface area contributed by atoms with E-state index < -0.39 is 0 Å². The van der Waals surface area contributed by atoms with E-state index in [1.54, 1.807) is 12.1 Å². The van der Waals surface area contributed by atoms with Gasteiger partial charge in [-0.25, -0.2) is 0 Å². The minimum absolute atomic E-state index is 0.0249. The van der Waals surface area contributed by atoms with E-state index in [-0.39, 0.29) is 24.4 Å². The highest BCUT2D eigenvalue weighted by Gasteiger charge is 2.11. The number of halogens is 1. The third-order valence-corrected chi connectivity index (χ3v) is 3.95. The maximum Gasteiger partial charge on any atom is 0.144 e. The average Bonchev–Trinajstić information content (AvgIpc) is 2.50. The third-order valence-electron chi connectivity index (χ3n) is 3.23. The normalized spacial score (nSPS) is 10.0. The van der Waals surface area contributed by atoms with Gasteiger partial charge in [0.1, 0.15) is 11.6 Å². The Morgan fingerprint density at radius 2 is 1.32 bits per heavy atom. The number of carbonyl (C=O) groups is 2. The van der Waals surface area contributed by atoms with E-state index >= 15 is 0 Å². The molecule has 0 aliphatic carbocycles. The van der Waals surface area contributed by atoms with Crippen molar-refractivity contribution in [3.63, 3.8) is 0 Å². The van der Waals surface area contributed by atoms with Crippen LogP contribution in [0.15, 0.2) is 48.5 Å². The molecular weight excluding hydrogens is 387 g/mol. The van der Waals surface area contributed by atoms with Crippen molar-refractivity contribution in [1.82, 2.24) is 0 Å². The zero-order chi connectivity index (χ0) is 15.9. The summed E-state index contributed by atoms with van der Waals surface area (Å²) in [7, 11) is 0. The standard InChI is InChI=1S/C19H15IO2/c1-2-14-3-5-15(6-4-14)11-18(21)13-19(22)12-16-7-9-17(20)10-8-16/h1,3-10H,11-13H2. The van der Waals surface area contributed by atoms with Gasteiger partial charge in [-0.2, -0.15) is 0 Å². The Hall–Kier alpha value is -1.93. The van der Waals surface area contributed by atoms with Gasteiger partial charge in [-0.1, -0.05) is 30.2 Å². The Kier molecular flexibility index (Phi) is 5.91. The minimum Gasteiger partial charge on any atom is -0.299 e. The van der Waals surface area contributed by atoms with Crippen molar-refractivity contribution < 1.29 is 9.59 Å². The molecule has 0 aromatic heterocycles. The maximum atomic E-state index is 12.0. The van der Waals surface area contributed by atoms with Gasteiger partial charge in [-0.15, -0.1) is 6.42 Å². The lowest BCUT2D eigenvalue weighted by atomic mass is 10.0. The van der Waals surface area contributed by atoms with Crippen LogP contribution in [0, 0.1) is 15.9 Å². The zero-order valence-corrected chi connectivity index (χ0v) is 14.2. The van der Waals surface area contributed by atoms with Crippen molar-refractivity contribution in [3.8, 4) is 12.3 Å². The molecule has 0 bridgehead atoms. The van der Waals surface area contributed by atoms with E-state index in [1.807, 2.05) is 36.4 Å². The zero-order valence-electron chi connectivity index (χ0n) is 12.0. The monoisotopic (exact) mass is 402 g/mol. The molecule has 0 aliphatic heterocycles. The van der Waals surface area contributed by atoms with E-state index in [9.17, 15) is 9.59 Å². The first-order chi connectivity index (χ1) is 10.6. The van der Waals surface area contributed by atoms with Crippen molar-refractivity contribution in [1.29, 1.82) is 0 Å². The van der Waals surface area contributed by atoms with Crippen LogP contribution >= 0.6 is 22.6 Å². The summed E-state index contributed by atoms with van der Waals surface area (Å²) in [6.07, 6.45) is 5.83. The Labute approximate surface area is 144 Å².